The molecule has 4 nitrogen and oxygen atoms in total. The van der Waals surface area contributed by atoms with Crippen molar-refractivity contribution in [3.63, 3.8) is 0 Å². The van der Waals surface area contributed by atoms with Crippen LogP contribution in [-0.2, 0) is 23.0 Å². The predicted molar refractivity (Wildman–Crippen MR) is 105 cm³/mol. The second-order valence-electron chi connectivity index (χ2n) is 6.97. The van der Waals surface area contributed by atoms with Gasteiger partial charge in [-0.2, -0.15) is 0 Å². The molecule has 1 aliphatic rings. The summed E-state index contributed by atoms with van der Waals surface area (Å²) in [6, 6.07) is 12.5. The second kappa shape index (κ2) is 7.64. The zero-order valence-electron chi connectivity index (χ0n) is 15.0. The van der Waals surface area contributed by atoms with Crippen LogP contribution in [0.25, 0.3) is 10.9 Å². The molecule has 1 aromatic carbocycles. The number of ether oxygens (including phenoxy) is 1. The number of fused-ring (bicyclic) bond motifs is 1. The van der Waals surface area contributed by atoms with Crippen molar-refractivity contribution in [2.24, 2.45) is 13.0 Å². The lowest BCUT2D eigenvalue weighted by Gasteiger charge is -2.30. The molecule has 3 heterocycles. The summed E-state index contributed by atoms with van der Waals surface area (Å²) in [6.45, 7) is 1.57. The maximum Gasteiger partial charge on any atom is 0.225 e. The molecular weight excluding hydrogens is 344 g/mol. The van der Waals surface area contributed by atoms with Crippen molar-refractivity contribution >= 4 is 28.1 Å². The summed E-state index contributed by atoms with van der Waals surface area (Å²) in [6.07, 6.45) is 4.47. The SMILES string of the molecule is Cn1cc(CC(=O)N[C@H](c2cccs2)C2CCOCC2)c2ccccc21. The number of para-hydroxylation sites is 1. The molecule has 0 radical (unpaired) electrons. The van der Waals surface area contributed by atoms with E-state index in [-0.39, 0.29) is 11.9 Å². The smallest absolute Gasteiger partial charge is 0.225 e. The van der Waals surface area contributed by atoms with Crippen molar-refractivity contribution in [1.29, 1.82) is 0 Å². The highest BCUT2D eigenvalue weighted by molar-refractivity contribution is 7.10. The van der Waals surface area contributed by atoms with Crippen LogP contribution in [0.1, 0.15) is 29.3 Å². The lowest BCUT2D eigenvalue weighted by Crippen LogP contribution is -2.36. The zero-order valence-corrected chi connectivity index (χ0v) is 15.8. The van der Waals surface area contributed by atoms with Crippen LogP contribution < -0.4 is 5.32 Å². The number of carbonyl (C=O) groups excluding carboxylic acids is 1. The third kappa shape index (κ3) is 3.55. The van der Waals surface area contributed by atoms with Gasteiger partial charge in [0.25, 0.3) is 0 Å². The first-order valence-corrected chi connectivity index (χ1v) is 10.0. The molecule has 0 bridgehead atoms. The van der Waals surface area contributed by atoms with E-state index in [2.05, 4.69) is 45.7 Å². The molecule has 1 amide bonds. The average Bonchev–Trinajstić information content (AvgIpc) is 3.30. The third-order valence-electron chi connectivity index (χ3n) is 5.23. The summed E-state index contributed by atoms with van der Waals surface area (Å²) in [5.41, 5.74) is 2.24. The molecule has 3 aromatic rings. The quantitative estimate of drug-likeness (QED) is 0.738. The van der Waals surface area contributed by atoms with Gasteiger partial charge in [-0.15, -0.1) is 11.3 Å². The van der Waals surface area contributed by atoms with Crippen LogP contribution in [-0.4, -0.2) is 23.7 Å². The number of aromatic nitrogens is 1. The second-order valence-corrected chi connectivity index (χ2v) is 7.95. The largest absolute Gasteiger partial charge is 0.381 e. The van der Waals surface area contributed by atoms with Crippen molar-refractivity contribution in [3.05, 3.63) is 58.4 Å². The van der Waals surface area contributed by atoms with E-state index < -0.39 is 0 Å². The Kier molecular flexibility index (Phi) is 5.09. The van der Waals surface area contributed by atoms with E-state index in [1.54, 1.807) is 11.3 Å². The number of thiophene rings is 1. The number of benzene rings is 1. The molecule has 5 heteroatoms. The van der Waals surface area contributed by atoms with Gasteiger partial charge < -0.3 is 14.6 Å². The zero-order chi connectivity index (χ0) is 17.9. The number of aryl methyl sites for hydroxylation is 1. The molecule has 26 heavy (non-hydrogen) atoms. The van der Waals surface area contributed by atoms with Crippen LogP contribution in [0.5, 0.6) is 0 Å². The van der Waals surface area contributed by atoms with Crippen molar-refractivity contribution in [3.8, 4) is 0 Å². The van der Waals surface area contributed by atoms with Gasteiger partial charge in [0.15, 0.2) is 0 Å². The van der Waals surface area contributed by atoms with Crippen molar-refractivity contribution in [2.75, 3.05) is 13.2 Å². The monoisotopic (exact) mass is 368 g/mol. The highest BCUT2D eigenvalue weighted by Gasteiger charge is 2.27. The van der Waals surface area contributed by atoms with Crippen molar-refractivity contribution < 1.29 is 9.53 Å². The van der Waals surface area contributed by atoms with Gasteiger partial charge in [-0.1, -0.05) is 24.3 Å². The van der Waals surface area contributed by atoms with Gasteiger partial charge in [0.05, 0.1) is 12.5 Å². The summed E-state index contributed by atoms with van der Waals surface area (Å²) in [7, 11) is 2.03. The normalized spacial score (nSPS) is 16.7. The minimum Gasteiger partial charge on any atom is -0.381 e. The Morgan fingerprint density at radius 1 is 1.27 bits per heavy atom. The molecule has 4 rings (SSSR count). The average molecular weight is 369 g/mol. The van der Waals surface area contributed by atoms with Gasteiger partial charge in [0, 0.05) is 42.2 Å². The lowest BCUT2D eigenvalue weighted by atomic mass is 9.90. The molecule has 0 saturated carbocycles. The van der Waals surface area contributed by atoms with E-state index in [0.717, 1.165) is 42.5 Å². The first-order valence-electron chi connectivity index (χ1n) is 9.16. The Bertz CT molecular complexity index is 879. The van der Waals surface area contributed by atoms with Crippen LogP contribution in [0.2, 0.25) is 0 Å². The molecular formula is C21H24N2O2S. The van der Waals surface area contributed by atoms with Crippen LogP contribution in [0, 0.1) is 5.92 Å². The summed E-state index contributed by atoms with van der Waals surface area (Å²) < 4.78 is 7.60. The minimum absolute atomic E-state index is 0.0846. The lowest BCUT2D eigenvalue weighted by molar-refractivity contribution is -0.121. The number of nitrogens with one attached hydrogen (secondary N) is 1. The standard InChI is InChI=1S/C21H24N2O2S/c1-23-14-16(17-5-2-3-6-18(17)23)13-20(24)22-21(19-7-4-12-26-19)15-8-10-25-11-9-15/h2-7,12,14-15,21H,8-11,13H2,1H3,(H,22,24)/t21-/m0/s1. The summed E-state index contributed by atoms with van der Waals surface area (Å²) >= 11 is 1.72. The van der Waals surface area contributed by atoms with Gasteiger partial charge in [-0.25, -0.2) is 0 Å². The topological polar surface area (TPSA) is 43.3 Å². The molecule has 1 saturated heterocycles. The van der Waals surface area contributed by atoms with Crippen molar-refractivity contribution in [2.45, 2.75) is 25.3 Å². The van der Waals surface area contributed by atoms with Crippen LogP contribution in [0.3, 0.4) is 0 Å². The molecule has 1 fully saturated rings. The number of hydrogen-bond acceptors (Lipinski definition) is 3. The van der Waals surface area contributed by atoms with E-state index in [9.17, 15) is 4.79 Å². The molecule has 1 aliphatic heterocycles. The summed E-state index contributed by atoms with van der Waals surface area (Å²) in [4.78, 5) is 14.1. The van der Waals surface area contributed by atoms with Gasteiger partial charge in [-0.05, 0) is 41.8 Å². The van der Waals surface area contributed by atoms with Crippen molar-refractivity contribution in [1.82, 2.24) is 9.88 Å². The Balaban J connectivity index is 1.52. The maximum absolute atomic E-state index is 12.9. The fourth-order valence-electron chi connectivity index (χ4n) is 3.90. The number of carbonyl (C=O) groups is 1. The van der Waals surface area contributed by atoms with E-state index >= 15 is 0 Å². The van der Waals surface area contributed by atoms with Gasteiger partial charge in [0.2, 0.25) is 5.91 Å². The van der Waals surface area contributed by atoms with Gasteiger partial charge >= 0.3 is 0 Å². The molecule has 1 N–H and O–H groups in total. The van der Waals surface area contributed by atoms with E-state index in [4.69, 9.17) is 4.74 Å². The van der Waals surface area contributed by atoms with E-state index in [1.807, 2.05) is 19.2 Å². The van der Waals surface area contributed by atoms with E-state index in [1.165, 1.54) is 4.88 Å². The fraction of sp³-hybridized carbons (Fsp3) is 0.381. The number of rotatable bonds is 5. The third-order valence-corrected chi connectivity index (χ3v) is 6.19. The number of amides is 1. The first kappa shape index (κ1) is 17.3. The number of nitrogens with zero attached hydrogens (tertiary/aromatic N) is 1. The van der Waals surface area contributed by atoms with Gasteiger partial charge in [-0.3, -0.25) is 4.79 Å². The maximum atomic E-state index is 12.9. The highest BCUT2D eigenvalue weighted by atomic mass is 32.1. The molecule has 0 aliphatic carbocycles. The number of hydrogen-bond donors (Lipinski definition) is 1. The Hall–Kier alpha value is -2.11. The molecule has 0 spiro atoms. The molecule has 2 aromatic heterocycles. The van der Waals surface area contributed by atoms with Gasteiger partial charge in [0.1, 0.15) is 0 Å². The van der Waals surface area contributed by atoms with Crippen LogP contribution in [0.4, 0.5) is 0 Å². The Labute approximate surface area is 157 Å². The molecule has 0 unspecified atom stereocenters. The highest BCUT2D eigenvalue weighted by Crippen LogP contribution is 2.32. The van der Waals surface area contributed by atoms with Crippen LogP contribution in [0.15, 0.2) is 48.0 Å². The molecule has 136 valence electrons. The minimum atomic E-state index is 0.0846. The van der Waals surface area contributed by atoms with E-state index in [0.29, 0.717) is 12.3 Å². The molecule has 1 atom stereocenters. The van der Waals surface area contributed by atoms with Crippen LogP contribution >= 0.6 is 11.3 Å². The summed E-state index contributed by atoms with van der Waals surface area (Å²) in [5.74, 6) is 0.533. The Morgan fingerprint density at radius 2 is 2.08 bits per heavy atom. The predicted octanol–water partition coefficient (Wildman–Crippen LogP) is 4.07. The first-order chi connectivity index (χ1) is 12.7. The Morgan fingerprint density at radius 3 is 2.85 bits per heavy atom. The summed E-state index contributed by atoms with van der Waals surface area (Å²) in [5, 5.41) is 6.56. The fourth-order valence-corrected chi connectivity index (χ4v) is 4.77.